The molecule has 6 heteroatoms. The Morgan fingerprint density at radius 1 is 1.12 bits per heavy atom. The van der Waals surface area contributed by atoms with Crippen molar-refractivity contribution in [2.75, 3.05) is 17.7 Å². The summed E-state index contributed by atoms with van der Waals surface area (Å²) in [6.45, 7) is 14.5. The lowest BCUT2D eigenvalue weighted by atomic mass is 10.0. The number of nitrogens with zero attached hydrogens (tertiary/aromatic N) is 2. The standard InChI is InChI=1S/C25H32N4O2.C2H6/c1-6-9-21-13-19(15-27-25(21)28-17-30)10-11-24(31)29(5)16-22-14-20(7-2)23(26-8-3)12-18(22)4;1-2/h8,10-15,17,26H,3,6-7,9,16H2,1-2,4-5H3,(H,27,28,30);1-2H3/b11-10+;. The molecule has 0 unspecified atom stereocenters. The fourth-order valence-electron chi connectivity index (χ4n) is 3.40. The maximum atomic E-state index is 12.7. The van der Waals surface area contributed by atoms with Gasteiger partial charge in [-0.15, -0.1) is 0 Å². The van der Waals surface area contributed by atoms with Gasteiger partial charge in [-0.05, 0) is 72.0 Å². The number of carbonyl (C=O) groups excluding carboxylic acids is 2. The summed E-state index contributed by atoms with van der Waals surface area (Å²) in [5.74, 6) is 0.479. The molecule has 0 aliphatic rings. The fourth-order valence-corrected chi connectivity index (χ4v) is 3.40. The molecular formula is C27H38N4O2. The second kappa shape index (κ2) is 14.6. The molecule has 1 aromatic carbocycles. The smallest absolute Gasteiger partial charge is 0.246 e. The van der Waals surface area contributed by atoms with Crippen LogP contribution >= 0.6 is 0 Å². The first-order chi connectivity index (χ1) is 15.9. The van der Waals surface area contributed by atoms with Crippen molar-refractivity contribution in [3.05, 3.63) is 71.1 Å². The average molecular weight is 451 g/mol. The number of likely N-dealkylation sites (N-methyl/N-ethyl adjacent to an activating group) is 1. The van der Waals surface area contributed by atoms with E-state index < -0.39 is 0 Å². The summed E-state index contributed by atoms with van der Waals surface area (Å²) in [7, 11) is 1.80. The topological polar surface area (TPSA) is 74.3 Å². The first kappa shape index (κ1) is 27.6. The number of aromatic nitrogens is 1. The van der Waals surface area contributed by atoms with E-state index in [-0.39, 0.29) is 5.91 Å². The summed E-state index contributed by atoms with van der Waals surface area (Å²) >= 11 is 0. The Bertz CT molecular complexity index is 967. The lowest BCUT2D eigenvalue weighted by molar-refractivity contribution is -0.125. The van der Waals surface area contributed by atoms with Crippen LogP contribution in [0, 0.1) is 6.92 Å². The number of aryl methyl sites for hydroxylation is 3. The monoisotopic (exact) mass is 450 g/mol. The highest BCUT2D eigenvalue weighted by atomic mass is 16.2. The fraction of sp³-hybridized carbons (Fsp3) is 0.370. The van der Waals surface area contributed by atoms with Gasteiger partial charge in [-0.2, -0.15) is 0 Å². The maximum Gasteiger partial charge on any atom is 0.246 e. The van der Waals surface area contributed by atoms with E-state index >= 15 is 0 Å². The van der Waals surface area contributed by atoms with Crippen molar-refractivity contribution in [1.82, 2.24) is 9.88 Å². The van der Waals surface area contributed by atoms with E-state index in [9.17, 15) is 9.59 Å². The van der Waals surface area contributed by atoms with Gasteiger partial charge in [0, 0.05) is 31.6 Å². The summed E-state index contributed by atoms with van der Waals surface area (Å²) in [4.78, 5) is 29.4. The van der Waals surface area contributed by atoms with Gasteiger partial charge in [0.05, 0.1) is 0 Å². The first-order valence-corrected chi connectivity index (χ1v) is 11.6. The number of nitrogens with one attached hydrogen (secondary N) is 2. The largest absolute Gasteiger partial charge is 0.362 e. The highest BCUT2D eigenvalue weighted by Crippen LogP contribution is 2.23. The molecule has 0 spiro atoms. The van der Waals surface area contributed by atoms with E-state index in [0.717, 1.165) is 47.2 Å². The summed E-state index contributed by atoms with van der Waals surface area (Å²) in [5.41, 5.74) is 6.26. The average Bonchev–Trinajstić information content (AvgIpc) is 2.82. The molecule has 0 radical (unpaired) electrons. The number of hydrogen-bond donors (Lipinski definition) is 2. The second-order valence-corrected chi connectivity index (χ2v) is 7.45. The number of hydrogen-bond acceptors (Lipinski definition) is 4. The van der Waals surface area contributed by atoms with Gasteiger partial charge in [-0.25, -0.2) is 4.98 Å². The predicted molar refractivity (Wildman–Crippen MR) is 139 cm³/mol. The van der Waals surface area contributed by atoms with Crippen molar-refractivity contribution in [1.29, 1.82) is 0 Å². The molecule has 0 aliphatic heterocycles. The van der Waals surface area contributed by atoms with Crippen LogP contribution < -0.4 is 10.6 Å². The first-order valence-electron chi connectivity index (χ1n) is 11.6. The van der Waals surface area contributed by atoms with Gasteiger partial charge >= 0.3 is 0 Å². The molecule has 0 fully saturated rings. The minimum Gasteiger partial charge on any atom is -0.362 e. The Morgan fingerprint density at radius 3 is 2.45 bits per heavy atom. The SMILES string of the molecule is C=CNc1cc(C)c(CN(C)C(=O)/C=C/c2cnc(NC=O)c(CCC)c2)cc1CC.CC. The van der Waals surface area contributed by atoms with Gasteiger partial charge in [-0.3, -0.25) is 9.59 Å². The predicted octanol–water partition coefficient (Wildman–Crippen LogP) is 5.73. The van der Waals surface area contributed by atoms with Crippen molar-refractivity contribution in [3.63, 3.8) is 0 Å². The van der Waals surface area contributed by atoms with Crippen LogP contribution in [0.25, 0.3) is 6.08 Å². The molecule has 6 nitrogen and oxygen atoms in total. The summed E-state index contributed by atoms with van der Waals surface area (Å²) in [6, 6.07) is 6.20. The Labute approximate surface area is 198 Å². The number of carbonyl (C=O) groups is 2. The Balaban J connectivity index is 0.00000265. The van der Waals surface area contributed by atoms with Gasteiger partial charge in [0.2, 0.25) is 12.3 Å². The molecule has 0 saturated carbocycles. The molecular weight excluding hydrogens is 412 g/mol. The number of amides is 2. The lowest BCUT2D eigenvalue weighted by Gasteiger charge is -2.19. The number of anilines is 2. The van der Waals surface area contributed by atoms with Crippen molar-refractivity contribution in [3.8, 4) is 0 Å². The molecule has 178 valence electrons. The molecule has 2 amide bonds. The van der Waals surface area contributed by atoms with E-state index in [1.54, 1.807) is 36.5 Å². The lowest BCUT2D eigenvalue weighted by Crippen LogP contribution is -2.24. The van der Waals surface area contributed by atoms with Crippen molar-refractivity contribution >= 4 is 29.9 Å². The zero-order chi connectivity index (χ0) is 24.8. The van der Waals surface area contributed by atoms with Crippen LogP contribution in [0.3, 0.4) is 0 Å². The number of benzene rings is 1. The Kier molecular flexibility index (Phi) is 12.2. The molecule has 1 aromatic heterocycles. The minimum absolute atomic E-state index is 0.0853. The summed E-state index contributed by atoms with van der Waals surface area (Å²) < 4.78 is 0. The van der Waals surface area contributed by atoms with Crippen LogP contribution in [0.4, 0.5) is 11.5 Å². The van der Waals surface area contributed by atoms with Crippen LogP contribution in [0.5, 0.6) is 0 Å². The second-order valence-electron chi connectivity index (χ2n) is 7.45. The van der Waals surface area contributed by atoms with E-state index in [1.807, 2.05) is 26.8 Å². The number of rotatable bonds is 11. The third kappa shape index (κ3) is 8.22. The highest BCUT2D eigenvalue weighted by Gasteiger charge is 2.11. The van der Waals surface area contributed by atoms with Crippen molar-refractivity contribution < 1.29 is 9.59 Å². The third-order valence-electron chi connectivity index (χ3n) is 5.11. The molecule has 2 aromatic rings. The molecule has 0 bridgehead atoms. The number of pyridine rings is 1. The zero-order valence-electron chi connectivity index (χ0n) is 20.9. The van der Waals surface area contributed by atoms with Crippen LogP contribution in [0.2, 0.25) is 0 Å². The normalized spacial score (nSPS) is 10.2. The molecule has 0 saturated heterocycles. The Morgan fingerprint density at radius 2 is 1.85 bits per heavy atom. The molecule has 2 rings (SSSR count). The minimum atomic E-state index is -0.0853. The Hall–Kier alpha value is -3.41. The van der Waals surface area contributed by atoms with Crippen LogP contribution in [-0.4, -0.2) is 29.2 Å². The molecule has 0 aliphatic carbocycles. The summed E-state index contributed by atoms with van der Waals surface area (Å²) in [5, 5.41) is 5.80. The quantitative estimate of drug-likeness (QED) is 0.339. The van der Waals surface area contributed by atoms with Crippen LogP contribution in [0.1, 0.15) is 61.9 Å². The molecule has 1 heterocycles. The van der Waals surface area contributed by atoms with Crippen molar-refractivity contribution in [2.24, 2.45) is 0 Å². The van der Waals surface area contributed by atoms with E-state index in [1.165, 1.54) is 5.56 Å². The zero-order valence-corrected chi connectivity index (χ0v) is 20.9. The van der Waals surface area contributed by atoms with Gasteiger partial charge in [0.25, 0.3) is 0 Å². The molecule has 0 atom stereocenters. The van der Waals surface area contributed by atoms with E-state index in [2.05, 4.69) is 48.2 Å². The van der Waals surface area contributed by atoms with E-state index in [0.29, 0.717) is 18.8 Å². The maximum absolute atomic E-state index is 12.7. The van der Waals surface area contributed by atoms with Gasteiger partial charge in [0.1, 0.15) is 5.82 Å². The van der Waals surface area contributed by atoms with Crippen LogP contribution in [-0.2, 0) is 29.0 Å². The molecule has 33 heavy (non-hydrogen) atoms. The van der Waals surface area contributed by atoms with E-state index in [4.69, 9.17) is 0 Å². The summed E-state index contributed by atoms with van der Waals surface area (Å²) in [6.07, 6.45) is 9.90. The third-order valence-corrected chi connectivity index (χ3v) is 5.11. The van der Waals surface area contributed by atoms with Crippen molar-refractivity contribution in [2.45, 2.75) is 60.4 Å². The van der Waals surface area contributed by atoms with Crippen LogP contribution in [0.15, 0.2) is 43.3 Å². The van der Waals surface area contributed by atoms with Gasteiger partial charge < -0.3 is 15.5 Å². The highest BCUT2D eigenvalue weighted by molar-refractivity contribution is 5.91. The van der Waals surface area contributed by atoms with Gasteiger partial charge in [0.15, 0.2) is 0 Å². The van der Waals surface area contributed by atoms with Gasteiger partial charge in [-0.1, -0.05) is 46.8 Å². The molecule has 2 N–H and O–H groups in total.